The second kappa shape index (κ2) is 7.08. The van der Waals surface area contributed by atoms with Crippen LogP contribution in [0.5, 0.6) is 0 Å². The van der Waals surface area contributed by atoms with E-state index in [0.717, 1.165) is 5.56 Å². The first kappa shape index (κ1) is 18.4. The molecule has 1 rings (SSSR count). The molecule has 8 heteroatoms. The Bertz CT molecular complexity index is 606. The van der Waals surface area contributed by atoms with Crippen LogP contribution in [0.15, 0.2) is 24.3 Å². The highest BCUT2D eigenvalue weighted by Gasteiger charge is 2.23. The summed E-state index contributed by atoms with van der Waals surface area (Å²) in [4.78, 5) is 10.8. The molecule has 0 bridgehead atoms. The fraction of sp³-hybridized carbons (Fsp3) is 0.500. The number of likely N-dealkylation sites (N-methyl/N-ethyl adjacent to an activating group) is 1. The summed E-state index contributed by atoms with van der Waals surface area (Å²) in [6.07, 6.45) is -0.385. The Morgan fingerprint density at radius 1 is 1.23 bits per heavy atom. The number of hydrogen-bond acceptors (Lipinski definition) is 4. The lowest BCUT2D eigenvalue weighted by molar-refractivity contribution is -0.871. The van der Waals surface area contributed by atoms with Crippen molar-refractivity contribution in [2.24, 2.45) is 0 Å². The molecular weight excluding hydrogens is 306 g/mol. The second-order valence-corrected chi connectivity index (χ2v) is 7.78. The maximum atomic E-state index is 12.1. The lowest BCUT2D eigenvalue weighted by Gasteiger charge is -2.29. The normalized spacial score (nSPS) is 13.6. The summed E-state index contributed by atoms with van der Waals surface area (Å²) >= 11 is 0. The molecule has 0 unspecified atom stereocenters. The highest BCUT2D eigenvalue weighted by Crippen LogP contribution is 2.11. The van der Waals surface area contributed by atoms with Crippen LogP contribution in [0, 0.1) is 6.92 Å². The smallest absolute Gasteiger partial charge is 0.299 e. The van der Waals surface area contributed by atoms with Crippen LogP contribution in [-0.2, 0) is 15.0 Å². The van der Waals surface area contributed by atoms with Gasteiger partial charge in [0.1, 0.15) is 0 Å². The number of benzene rings is 1. The first-order valence-corrected chi connectivity index (χ1v) is 8.32. The number of rotatable bonds is 8. The van der Waals surface area contributed by atoms with Gasteiger partial charge in [0.2, 0.25) is 0 Å². The fourth-order valence-electron chi connectivity index (χ4n) is 2.03. The van der Waals surface area contributed by atoms with Crippen molar-refractivity contribution in [2.75, 3.05) is 32.4 Å². The molecule has 0 radical (unpaired) electrons. The number of carboxylic acid groups (broad SMARTS) is 1. The van der Waals surface area contributed by atoms with Crippen molar-refractivity contribution in [3.63, 3.8) is 0 Å². The third-order valence-corrected chi connectivity index (χ3v) is 3.95. The van der Waals surface area contributed by atoms with Gasteiger partial charge in [-0.2, -0.15) is 13.1 Å². The maximum absolute atomic E-state index is 12.1. The molecule has 0 fully saturated rings. The number of hydrogen-bond donors (Lipinski definition) is 2. The molecule has 0 aliphatic heterocycles. The zero-order valence-corrected chi connectivity index (χ0v) is 14.1. The molecule has 22 heavy (non-hydrogen) atoms. The number of anilines is 1. The predicted molar refractivity (Wildman–Crippen MR) is 83.2 cm³/mol. The van der Waals surface area contributed by atoms with Crippen molar-refractivity contribution in [3.05, 3.63) is 29.8 Å². The minimum absolute atomic E-state index is 0.322. The summed E-state index contributed by atoms with van der Waals surface area (Å²) < 4.78 is 29.4. The van der Waals surface area contributed by atoms with Crippen LogP contribution in [0.3, 0.4) is 0 Å². The van der Waals surface area contributed by atoms with E-state index >= 15 is 0 Å². The molecule has 1 aromatic rings. The van der Waals surface area contributed by atoms with E-state index in [0.29, 0.717) is 16.7 Å². The molecule has 0 spiro atoms. The Hall–Kier alpha value is -1.64. The minimum Gasteiger partial charge on any atom is -0.550 e. The van der Waals surface area contributed by atoms with Gasteiger partial charge in [0.15, 0.2) is 0 Å². The number of nitrogens with one attached hydrogen (secondary N) is 2. The van der Waals surface area contributed by atoms with Gasteiger partial charge in [-0.25, -0.2) is 0 Å². The lowest BCUT2D eigenvalue weighted by atomic mass is 10.2. The molecule has 1 atom stereocenters. The number of aliphatic carboxylic acids is 1. The van der Waals surface area contributed by atoms with Crippen molar-refractivity contribution >= 4 is 21.9 Å². The number of carbonyl (C=O) groups excluding carboxylic acids is 1. The molecule has 0 amide bonds. The zero-order chi connectivity index (χ0) is 17.0. The zero-order valence-electron chi connectivity index (χ0n) is 13.3. The van der Waals surface area contributed by atoms with E-state index in [4.69, 9.17) is 0 Å². The van der Waals surface area contributed by atoms with Gasteiger partial charge in [-0.15, -0.1) is 0 Å². The Balaban J connectivity index is 2.80. The number of quaternary nitrogens is 1. The van der Waals surface area contributed by atoms with Crippen molar-refractivity contribution in [3.8, 4) is 0 Å². The molecule has 124 valence electrons. The third kappa shape index (κ3) is 7.39. The van der Waals surface area contributed by atoms with Crippen molar-refractivity contribution in [1.82, 2.24) is 4.72 Å². The summed E-state index contributed by atoms with van der Waals surface area (Å²) in [5.41, 5.74) is 1.42. The van der Waals surface area contributed by atoms with Crippen molar-refractivity contribution in [1.29, 1.82) is 0 Å². The molecule has 0 aromatic heterocycles. The SMILES string of the molecule is Cc1ccc(NS(=O)(=O)N[C@H](CC(=O)[O-])C[N+](C)(C)C)cc1. The van der Waals surface area contributed by atoms with E-state index < -0.39 is 22.2 Å². The molecule has 7 nitrogen and oxygen atoms in total. The number of carboxylic acids is 1. The molecule has 0 saturated carbocycles. The Morgan fingerprint density at radius 2 is 1.77 bits per heavy atom. The Morgan fingerprint density at radius 3 is 2.23 bits per heavy atom. The van der Waals surface area contributed by atoms with Crippen molar-refractivity contribution in [2.45, 2.75) is 19.4 Å². The van der Waals surface area contributed by atoms with Gasteiger partial charge >= 0.3 is 0 Å². The van der Waals surface area contributed by atoms with Crippen LogP contribution in [0.2, 0.25) is 0 Å². The Kier molecular flexibility index (Phi) is 5.92. The Labute approximate surface area is 131 Å². The fourth-order valence-corrected chi connectivity index (χ4v) is 3.13. The van der Waals surface area contributed by atoms with Crippen LogP contribution >= 0.6 is 0 Å². The standard InChI is InChI=1S/C14H23N3O4S/c1-11-5-7-12(8-6-11)15-22(20,21)16-13(9-14(18)19)10-17(2,3)4/h5-8,13,15-16H,9-10H2,1-4H3/t13-/m1/s1. The monoisotopic (exact) mass is 329 g/mol. The lowest BCUT2D eigenvalue weighted by Crippen LogP contribution is -2.51. The molecule has 0 aliphatic rings. The van der Waals surface area contributed by atoms with Crippen LogP contribution in [0.25, 0.3) is 0 Å². The summed E-state index contributed by atoms with van der Waals surface area (Å²) in [5, 5.41) is 10.8. The first-order valence-electron chi connectivity index (χ1n) is 6.84. The quantitative estimate of drug-likeness (QED) is 0.626. The molecular formula is C14H23N3O4S. The highest BCUT2D eigenvalue weighted by atomic mass is 32.2. The van der Waals surface area contributed by atoms with Gasteiger partial charge in [-0.05, 0) is 19.1 Å². The molecule has 0 aliphatic carbocycles. The van der Waals surface area contributed by atoms with Crippen molar-refractivity contribution < 1.29 is 22.8 Å². The summed E-state index contributed by atoms with van der Waals surface area (Å²) in [7, 11) is 1.69. The van der Waals surface area contributed by atoms with Gasteiger partial charge in [0.25, 0.3) is 10.2 Å². The molecule has 0 heterocycles. The topological polar surface area (TPSA) is 98.3 Å². The van der Waals surface area contributed by atoms with Crippen LogP contribution in [-0.4, -0.2) is 52.6 Å². The number of nitrogens with zero attached hydrogens (tertiary/aromatic N) is 1. The average Bonchev–Trinajstić information content (AvgIpc) is 2.27. The van der Waals surface area contributed by atoms with E-state index in [1.807, 2.05) is 28.1 Å². The summed E-state index contributed by atoms with van der Waals surface area (Å²) in [6.45, 7) is 2.22. The highest BCUT2D eigenvalue weighted by molar-refractivity contribution is 7.90. The summed E-state index contributed by atoms with van der Waals surface area (Å²) in [6, 6.07) is 6.09. The molecule has 0 saturated heterocycles. The minimum atomic E-state index is -3.87. The largest absolute Gasteiger partial charge is 0.550 e. The predicted octanol–water partition coefficient (Wildman–Crippen LogP) is -0.544. The van der Waals surface area contributed by atoms with Gasteiger partial charge in [0, 0.05) is 18.1 Å². The second-order valence-electron chi connectivity index (χ2n) is 6.34. The van der Waals surface area contributed by atoms with Crippen LogP contribution in [0.1, 0.15) is 12.0 Å². The van der Waals surface area contributed by atoms with E-state index in [1.54, 1.807) is 24.3 Å². The van der Waals surface area contributed by atoms with Crippen LogP contribution < -0.4 is 14.6 Å². The molecule has 2 N–H and O–H groups in total. The van der Waals surface area contributed by atoms with Gasteiger partial charge in [-0.1, -0.05) is 17.7 Å². The number of carbonyl (C=O) groups is 1. The first-order chi connectivity index (χ1) is 9.97. The van der Waals surface area contributed by atoms with Crippen LogP contribution in [0.4, 0.5) is 5.69 Å². The average molecular weight is 329 g/mol. The molecule has 1 aromatic carbocycles. The maximum Gasteiger partial charge on any atom is 0.299 e. The van der Waals surface area contributed by atoms with Gasteiger partial charge in [0.05, 0.1) is 33.7 Å². The van der Waals surface area contributed by atoms with Gasteiger partial charge in [-0.3, -0.25) is 4.72 Å². The number of aryl methyl sites for hydroxylation is 1. The summed E-state index contributed by atoms with van der Waals surface area (Å²) in [5.74, 6) is -1.29. The van der Waals surface area contributed by atoms with Gasteiger partial charge < -0.3 is 14.4 Å². The van der Waals surface area contributed by atoms with E-state index in [9.17, 15) is 18.3 Å². The van der Waals surface area contributed by atoms with E-state index in [1.165, 1.54) is 0 Å². The van der Waals surface area contributed by atoms with E-state index in [-0.39, 0.29) is 6.42 Å². The van der Waals surface area contributed by atoms with E-state index in [2.05, 4.69) is 9.44 Å². The third-order valence-electron chi connectivity index (χ3n) is 2.81.